The summed E-state index contributed by atoms with van der Waals surface area (Å²) in [6.07, 6.45) is 2.14. The summed E-state index contributed by atoms with van der Waals surface area (Å²) < 4.78 is 5.06. The molecule has 0 amide bonds. The predicted octanol–water partition coefficient (Wildman–Crippen LogP) is 1.01. The third kappa shape index (κ3) is 6.69. The summed E-state index contributed by atoms with van der Waals surface area (Å²) in [5.41, 5.74) is 6.15. The van der Waals surface area contributed by atoms with Crippen molar-refractivity contribution >= 4 is 0 Å². The summed E-state index contributed by atoms with van der Waals surface area (Å²) in [5.74, 6) is 0.771. The van der Waals surface area contributed by atoms with Crippen LogP contribution in [0.2, 0.25) is 0 Å². The highest BCUT2D eigenvalue weighted by Gasteiger charge is 2.18. The molecule has 1 aliphatic rings. The zero-order chi connectivity index (χ0) is 13.4. The Bertz CT molecular complexity index is 203. The van der Waals surface area contributed by atoms with E-state index in [9.17, 15) is 0 Å². The molecular formula is C14H31N3O. The van der Waals surface area contributed by atoms with Crippen LogP contribution in [0.15, 0.2) is 0 Å². The molecule has 18 heavy (non-hydrogen) atoms. The van der Waals surface area contributed by atoms with Gasteiger partial charge in [0.25, 0.3) is 0 Å². The van der Waals surface area contributed by atoms with Crippen LogP contribution in [0.3, 0.4) is 0 Å². The maximum atomic E-state index is 6.15. The molecule has 4 heteroatoms. The predicted molar refractivity (Wildman–Crippen MR) is 76.8 cm³/mol. The molecule has 1 saturated heterocycles. The average Bonchev–Trinajstić information content (AvgIpc) is 2.31. The summed E-state index contributed by atoms with van der Waals surface area (Å²) in [7, 11) is 1.75. The first-order chi connectivity index (χ1) is 8.61. The first-order valence-electron chi connectivity index (χ1n) is 7.31. The van der Waals surface area contributed by atoms with Crippen molar-refractivity contribution in [2.24, 2.45) is 11.7 Å². The van der Waals surface area contributed by atoms with Gasteiger partial charge in [0.15, 0.2) is 0 Å². The lowest BCUT2D eigenvalue weighted by Crippen LogP contribution is -2.50. The van der Waals surface area contributed by atoms with E-state index in [0.717, 1.165) is 31.9 Å². The second-order valence-electron chi connectivity index (χ2n) is 5.89. The Morgan fingerprint density at radius 3 is 2.11 bits per heavy atom. The quantitative estimate of drug-likeness (QED) is 0.659. The summed E-state index contributed by atoms with van der Waals surface area (Å²) in [4.78, 5) is 5.08. The van der Waals surface area contributed by atoms with Crippen LogP contribution in [-0.2, 0) is 4.74 Å². The van der Waals surface area contributed by atoms with Gasteiger partial charge in [0.2, 0.25) is 0 Å². The number of hydrogen-bond donors (Lipinski definition) is 1. The highest BCUT2D eigenvalue weighted by atomic mass is 16.5. The van der Waals surface area contributed by atoms with Crippen LogP contribution < -0.4 is 5.73 Å². The molecular weight excluding hydrogens is 226 g/mol. The number of piperazine rings is 1. The first kappa shape index (κ1) is 15.9. The Hall–Kier alpha value is -0.160. The fourth-order valence-corrected chi connectivity index (χ4v) is 2.58. The lowest BCUT2D eigenvalue weighted by molar-refractivity contribution is 0.115. The zero-order valence-corrected chi connectivity index (χ0v) is 12.4. The van der Waals surface area contributed by atoms with E-state index >= 15 is 0 Å². The number of nitrogens with two attached hydrogens (primary N) is 1. The summed E-state index contributed by atoms with van der Waals surface area (Å²) >= 11 is 0. The average molecular weight is 257 g/mol. The molecule has 0 bridgehead atoms. The Labute approximate surface area is 112 Å². The van der Waals surface area contributed by atoms with Gasteiger partial charge in [-0.25, -0.2) is 0 Å². The fraction of sp³-hybridized carbons (Fsp3) is 1.00. The Morgan fingerprint density at radius 1 is 1.06 bits per heavy atom. The summed E-state index contributed by atoms with van der Waals surface area (Å²) in [5, 5.41) is 0. The number of rotatable bonds is 8. The van der Waals surface area contributed by atoms with Crippen LogP contribution in [0.4, 0.5) is 0 Å². The van der Waals surface area contributed by atoms with Crippen LogP contribution in [0.1, 0.15) is 26.7 Å². The van der Waals surface area contributed by atoms with Gasteiger partial charge in [-0.05, 0) is 18.8 Å². The van der Waals surface area contributed by atoms with Crippen molar-refractivity contribution in [3.05, 3.63) is 0 Å². The van der Waals surface area contributed by atoms with Crippen LogP contribution in [0.5, 0.6) is 0 Å². The number of nitrogens with zero attached hydrogens (tertiary/aromatic N) is 2. The van der Waals surface area contributed by atoms with Crippen molar-refractivity contribution in [2.75, 3.05) is 53.0 Å². The molecule has 0 aromatic heterocycles. The monoisotopic (exact) mass is 257 g/mol. The van der Waals surface area contributed by atoms with Gasteiger partial charge in [0, 0.05) is 59.0 Å². The van der Waals surface area contributed by atoms with E-state index in [-0.39, 0.29) is 0 Å². The normalized spacial score (nSPS) is 20.5. The fourth-order valence-electron chi connectivity index (χ4n) is 2.58. The van der Waals surface area contributed by atoms with Crippen molar-refractivity contribution in [1.29, 1.82) is 0 Å². The molecule has 1 heterocycles. The topological polar surface area (TPSA) is 41.7 Å². The van der Waals surface area contributed by atoms with Gasteiger partial charge < -0.3 is 15.4 Å². The van der Waals surface area contributed by atoms with Gasteiger partial charge in [-0.3, -0.25) is 4.90 Å². The van der Waals surface area contributed by atoms with Gasteiger partial charge in [-0.2, -0.15) is 0 Å². The highest BCUT2D eigenvalue weighted by Crippen LogP contribution is 2.06. The van der Waals surface area contributed by atoms with E-state index in [1.165, 1.54) is 32.7 Å². The molecule has 0 aromatic rings. The third-order valence-electron chi connectivity index (χ3n) is 3.50. The van der Waals surface area contributed by atoms with Crippen molar-refractivity contribution in [1.82, 2.24) is 9.80 Å². The maximum absolute atomic E-state index is 6.15. The molecule has 4 nitrogen and oxygen atoms in total. The molecule has 1 rings (SSSR count). The van der Waals surface area contributed by atoms with Crippen molar-refractivity contribution < 1.29 is 4.74 Å². The highest BCUT2D eigenvalue weighted by molar-refractivity contribution is 4.76. The standard InChI is InChI=1S/C14H31N3O/c1-13(2)11-16-6-8-17(9-7-16)12-14(15)5-4-10-18-3/h13-14H,4-12,15H2,1-3H3. The molecule has 1 aliphatic heterocycles. The number of methoxy groups -OCH3 is 1. The zero-order valence-electron chi connectivity index (χ0n) is 12.4. The van der Waals surface area contributed by atoms with Crippen LogP contribution in [0.25, 0.3) is 0 Å². The van der Waals surface area contributed by atoms with E-state index < -0.39 is 0 Å². The Kier molecular flexibility index (Phi) is 7.82. The molecule has 1 unspecified atom stereocenters. The molecule has 2 N–H and O–H groups in total. The van der Waals surface area contributed by atoms with E-state index in [2.05, 4.69) is 23.6 Å². The molecule has 1 atom stereocenters. The van der Waals surface area contributed by atoms with Crippen molar-refractivity contribution in [3.63, 3.8) is 0 Å². The van der Waals surface area contributed by atoms with E-state index in [1.54, 1.807) is 7.11 Å². The van der Waals surface area contributed by atoms with Crippen molar-refractivity contribution in [3.8, 4) is 0 Å². The van der Waals surface area contributed by atoms with Gasteiger partial charge in [-0.15, -0.1) is 0 Å². The Balaban J connectivity index is 2.11. The SMILES string of the molecule is COCCCC(N)CN1CCN(CC(C)C)CC1. The lowest BCUT2D eigenvalue weighted by Gasteiger charge is -2.36. The molecule has 0 radical (unpaired) electrons. The molecule has 0 aromatic carbocycles. The molecule has 0 spiro atoms. The van der Waals surface area contributed by atoms with Crippen LogP contribution in [-0.4, -0.2) is 68.8 Å². The molecule has 108 valence electrons. The lowest BCUT2D eigenvalue weighted by atomic mass is 10.1. The smallest absolute Gasteiger partial charge is 0.0462 e. The van der Waals surface area contributed by atoms with Crippen molar-refractivity contribution in [2.45, 2.75) is 32.7 Å². The van der Waals surface area contributed by atoms with Gasteiger partial charge in [-0.1, -0.05) is 13.8 Å². The van der Waals surface area contributed by atoms with Gasteiger partial charge in [0.05, 0.1) is 0 Å². The second kappa shape index (κ2) is 8.86. The first-order valence-corrected chi connectivity index (χ1v) is 7.31. The largest absolute Gasteiger partial charge is 0.385 e. The summed E-state index contributed by atoms with van der Waals surface area (Å²) in [6, 6.07) is 0.303. The number of hydrogen-bond acceptors (Lipinski definition) is 4. The minimum absolute atomic E-state index is 0.303. The van der Waals surface area contributed by atoms with Crippen LogP contribution >= 0.6 is 0 Å². The summed E-state index contributed by atoms with van der Waals surface area (Å²) in [6.45, 7) is 12.4. The minimum atomic E-state index is 0.303. The van der Waals surface area contributed by atoms with Gasteiger partial charge >= 0.3 is 0 Å². The number of ether oxygens (including phenoxy) is 1. The second-order valence-corrected chi connectivity index (χ2v) is 5.89. The maximum Gasteiger partial charge on any atom is 0.0462 e. The molecule has 0 aliphatic carbocycles. The molecule has 1 fully saturated rings. The third-order valence-corrected chi connectivity index (χ3v) is 3.50. The van der Waals surface area contributed by atoms with E-state index in [1.807, 2.05) is 0 Å². The van der Waals surface area contributed by atoms with Crippen LogP contribution in [0, 0.1) is 5.92 Å². The van der Waals surface area contributed by atoms with E-state index in [4.69, 9.17) is 10.5 Å². The van der Waals surface area contributed by atoms with E-state index in [0.29, 0.717) is 6.04 Å². The molecule has 0 saturated carbocycles. The van der Waals surface area contributed by atoms with Gasteiger partial charge in [0.1, 0.15) is 0 Å². The minimum Gasteiger partial charge on any atom is -0.385 e. The Morgan fingerprint density at radius 2 is 1.61 bits per heavy atom.